The van der Waals surface area contributed by atoms with Gasteiger partial charge in [-0.2, -0.15) is 0 Å². The number of rotatable bonds is 6. The van der Waals surface area contributed by atoms with Crippen molar-refractivity contribution in [3.05, 3.63) is 18.2 Å². The summed E-state index contributed by atoms with van der Waals surface area (Å²) in [5, 5.41) is 3.49. The van der Waals surface area contributed by atoms with E-state index >= 15 is 0 Å². The average molecular weight is 248 g/mol. The number of hydrogen-bond donors (Lipinski definition) is 2. The van der Waals surface area contributed by atoms with E-state index in [1.807, 2.05) is 32.0 Å². The number of benzene rings is 1. The smallest absolute Gasteiger partial charge is 0.144 e. The van der Waals surface area contributed by atoms with Gasteiger partial charge in [-0.05, 0) is 45.2 Å². The van der Waals surface area contributed by atoms with Gasteiger partial charge in [-0.3, -0.25) is 0 Å². The van der Waals surface area contributed by atoms with Crippen LogP contribution in [0.1, 0.15) is 40.0 Å². The van der Waals surface area contributed by atoms with Crippen LogP contribution in [0.4, 0.5) is 11.4 Å². The van der Waals surface area contributed by atoms with Crippen molar-refractivity contribution in [3.8, 4) is 5.75 Å². The van der Waals surface area contributed by atoms with Crippen molar-refractivity contribution in [1.29, 1.82) is 0 Å². The summed E-state index contributed by atoms with van der Waals surface area (Å²) in [6.45, 7) is 6.23. The molecule has 0 heterocycles. The molecule has 1 aliphatic carbocycles. The van der Waals surface area contributed by atoms with Crippen LogP contribution in [0.2, 0.25) is 0 Å². The fourth-order valence-electron chi connectivity index (χ4n) is 2.20. The van der Waals surface area contributed by atoms with Crippen molar-refractivity contribution in [2.24, 2.45) is 5.92 Å². The zero-order chi connectivity index (χ0) is 13.1. The lowest BCUT2D eigenvalue weighted by molar-refractivity contribution is 0.244. The number of nitrogen functional groups attached to an aromatic ring is 1. The highest BCUT2D eigenvalue weighted by atomic mass is 16.5. The molecular weight excluding hydrogens is 224 g/mol. The van der Waals surface area contributed by atoms with Crippen molar-refractivity contribution < 1.29 is 4.74 Å². The third kappa shape index (κ3) is 3.56. The Morgan fingerprint density at radius 1 is 1.33 bits per heavy atom. The van der Waals surface area contributed by atoms with E-state index in [2.05, 4.69) is 12.2 Å². The highest BCUT2D eigenvalue weighted by molar-refractivity contribution is 5.73. The number of anilines is 2. The van der Waals surface area contributed by atoms with Gasteiger partial charge in [0.05, 0.1) is 17.5 Å². The van der Waals surface area contributed by atoms with E-state index in [1.165, 1.54) is 19.3 Å². The summed E-state index contributed by atoms with van der Waals surface area (Å²) < 4.78 is 5.70. The molecule has 100 valence electrons. The van der Waals surface area contributed by atoms with Gasteiger partial charge in [0.25, 0.3) is 0 Å². The number of nitrogens with two attached hydrogens (primary N) is 1. The average Bonchev–Trinajstić information content (AvgIpc) is 3.07. The van der Waals surface area contributed by atoms with Gasteiger partial charge in [0.2, 0.25) is 0 Å². The van der Waals surface area contributed by atoms with Crippen molar-refractivity contribution >= 4 is 11.4 Å². The standard InChI is InChI=1S/C15H24N2O/c1-10(2)18-14-6-4-5-13(15(14)16)17-11(3)9-12-7-8-12/h4-6,10-12,17H,7-9,16H2,1-3H3. The Morgan fingerprint density at radius 2 is 2.06 bits per heavy atom. The number of hydrogen-bond acceptors (Lipinski definition) is 3. The van der Waals surface area contributed by atoms with Crippen LogP contribution in [-0.4, -0.2) is 12.1 Å². The molecule has 1 saturated carbocycles. The molecule has 3 N–H and O–H groups in total. The molecule has 1 atom stereocenters. The maximum atomic E-state index is 6.14. The monoisotopic (exact) mass is 248 g/mol. The highest BCUT2D eigenvalue weighted by Crippen LogP contribution is 2.35. The summed E-state index contributed by atoms with van der Waals surface area (Å²) >= 11 is 0. The van der Waals surface area contributed by atoms with Gasteiger partial charge in [-0.1, -0.05) is 18.9 Å². The SMILES string of the molecule is CC(CC1CC1)Nc1cccc(OC(C)C)c1N. The van der Waals surface area contributed by atoms with Crippen LogP contribution in [0.3, 0.4) is 0 Å². The van der Waals surface area contributed by atoms with E-state index in [9.17, 15) is 0 Å². The molecule has 1 fully saturated rings. The Morgan fingerprint density at radius 3 is 2.67 bits per heavy atom. The first kappa shape index (κ1) is 13.1. The normalized spacial score (nSPS) is 16.7. The number of ether oxygens (including phenoxy) is 1. The topological polar surface area (TPSA) is 47.3 Å². The quantitative estimate of drug-likeness (QED) is 0.755. The molecule has 0 saturated heterocycles. The van der Waals surface area contributed by atoms with Gasteiger partial charge < -0.3 is 15.8 Å². The molecule has 3 heteroatoms. The molecule has 1 unspecified atom stereocenters. The second-order valence-electron chi connectivity index (χ2n) is 5.61. The van der Waals surface area contributed by atoms with E-state index in [0.29, 0.717) is 11.7 Å². The second kappa shape index (κ2) is 5.51. The maximum Gasteiger partial charge on any atom is 0.144 e. The largest absolute Gasteiger partial charge is 0.489 e. The molecule has 1 aromatic rings. The summed E-state index contributed by atoms with van der Waals surface area (Å²) in [4.78, 5) is 0. The number of nitrogens with one attached hydrogen (secondary N) is 1. The molecule has 1 aromatic carbocycles. The van der Waals surface area contributed by atoms with E-state index in [-0.39, 0.29) is 6.10 Å². The first-order chi connectivity index (χ1) is 8.56. The lowest BCUT2D eigenvalue weighted by Crippen LogP contribution is -2.17. The molecule has 0 radical (unpaired) electrons. The van der Waals surface area contributed by atoms with Gasteiger partial charge in [0.1, 0.15) is 5.75 Å². The molecule has 0 aromatic heterocycles. The lowest BCUT2D eigenvalue weighted by atomic mass is 10.1. The van der Waals surface area contributed by atoms with Crippen LogP contribution in [0.25, 0.3) is 0 Å². The van der Waals surface area contributed by atoms with E-state index < -0.39 is 0 Å². The zero-order valence-electron chi connectivity index (χ0n) is 11.6. The Hall–Kier alpha value is -1.38. The van der Waals surface area contributed by atoms with Crippen molar-refractivity contribution in [3.63, 3.8) is 0 Å². The molecule has 2 rings (SSSR count). The molecular formula is C15H24N2O. The first-order valence-electron chi connectivity index (χ1n) is 6.88. The fourth-order valence-corrected chi connectivity index (χ4v) is 2.20. The van der Waals surface area contributed by atoms with Gasteiger partial charge in [-0.15, -0.1) is 0 Å². The zero-order valence-corrected chi connectivity index (χ0v) is 11.6. The third-order valence-corrected chi connectivity index (χ3v) is 3.21. The van der Waals surface area contributed by atoms with Crippen molar-refractivity contribution in [2.45, 2.75) is 52.2 Å². The van der Waals surface area contributed by atoms with E-state index in [4.69, 9.17) is 10.5 Å². The van der Waals surface area contributed by atoms with Gasteiger partial charge >= 0.3 is 0 Å². The van der Waals surface area contributed by atoms with Crippen molar-refractivity contribution in [1.82, 2.24) is 0 Å². The molecule has 18 heavy (non-hydrogen) atoms. The Labute approximate surface area is 110 Å². The summed E-state index contributed by atoms with van der Waals surface area (Å²) in [6, 6.07) is 6.40. The van der Waals surface area contributed by atoms with Crippen LogP contribution in [0, 0.1) is 5.92 Å². The summed E-state index contributed by atoms with van der Waals surface area (Å²) in [7, 11) is 0. The van der Waals surface area contributed by atoms with Crippen LogP contribution < -0.4 is 15.8 Å². The molecule has 0 spiro atoms. The fraction of sp³-hybridized carbons (Fsp3) is 0.600. The second-order valence-corrected chi connectivity index (χ2v) is 5.61. The number of para-hydroxylation sites is 1. The van der Waals surface area contributed by atoms with E-state index in [0.717, 1.165) is 17.4 Å². The highest BCUT2D eigenvalue weighted by Gasteiger charge is 2.23. The lowest BCUT2D eigenvalue weighted by Gasteiger charge is -2.19. The van der Waals surface area contributed by atoms with Gasteiger partial charge in [-0.25, -0.2) is 0 Å². The van der Waals surface area contributed by atoms with Gasteiger partial charge in [0.15, 0.2) is 0 Å². The molecule has 1 aliphatic rings. The Bertz CT molecular complexity index is 399. The molecule has 0 bridgehead atoms. The van der Waals surface area contributed by atoms with Crippen LogP contribution in [0.15, 0.2) is 18.2 Å². The molecule has 3 nitrogen and oxygen atoms in total. The van der Waals surface area contributed by atoms with Crippen LogP contribution in [-0.2, 0) is 0 Å². The third-order valence-electron chi connectivity index (χ3n) is 3.21. The summed E-state index contributed by atoms with van der Waals surface area (Å²) in [5.41, 5.74) is 7.84. The van der Waals surface area contributed by atoms with Crippen molar-refractivity contribution in [2.75, 3.05) is 11.1 Å². The minimum absolute atomic E-state index is 0.145. The molecule has 0 aliphatic heterocycles. The summed E-state index contributed by atoms with van der Waals surface area (Å²) in [5.74, 6) is 1.69. The summed E-state index contributed by atoms with van der Waals surface area (Å²) in [6.07, 6.45) is 4.15. The van der Waals surface area contributed by atoms with Gasteiger partial charge in [0, 0.05) is 6.04 Å². The first-order valence-corrected chi connectivity index (χ1v) is 6.88. The Kier molecular flexibility index (Phi) is 4.00. The Balaban J connectivity index is 2.02. The molecule has 0 amide bonds. The minimum Gasteiger partial charge on any atom is -0.489 e. The predicted molar refractivity (Wildman–Crippen MR) is 77.0 cm³/mol. The van der Waals surface area contributed by atoms with Crippen LogP contribution in [0.5, 0.6) is 5.75 Å². The van der Waals surface area contributed by atoms with Crippen LogP contribution >= 0.6 is 0 Å². The van der Waals surface area contributed by atoms with E-state index in [1.54, 1.807) is 0 Å². The predicted octanol–water partition coefficient (Wildman–Crippen LogP) is 3.66. The minimum atomic E-state index is 0.145. The maximum absolute atomic E-state index is 6.14.